The van der Waals surface area contributed by atoms with Gasteiger partial charge in [0.15, 0.2) is 6.23 Å². The van der Waals surface area contributed by atoms with E-state index < -0.39 is 34.5 Å². The molecule has 0 spiro atoms. The molecule has 4 atom stereocenters. The van der Waals surface area contributed by atoms with Gasteiger partial charge in [-0.3, -0.25) is 10.0 Å². The van der Waals surface area contributed by atoms with E-state index in [-0.39, 0.29) is 11.4 Å². The molecular formula is C19H26N2O6S. The molecule has 0 aromatic heterocycles. The molecule has 4 unspecified atom stereocenters. The van der Waals surface area contributed by atoms with E-state index in [1.807, 2.05) is 6.07 Å². The zero-order chi connectivity index (χ0) is 20.9. The van der Waals surface area contributed by atoms with Crippen LogP contribution >= 0.6 is 0 Å². The molecule has 0 saturated heterocycles. The van der Waals surface area contributed by atoms with Gasteiger partial charge in [0.05, 0.1) is 18.0 Å². The van der Waals surface area contributed by atoms with Gasteiger partial charge in [0.1, 0.15) is 17.6 Å². The SMILES string of the molecule is CC(O)C(NC(C)C(O)c1ccc(O)c(NS(C)(=O)=O)c1)Oc1ccccc1. The molecule has 5 N–H and O–H groups in total. The number of phenolic OH excluding ortho intramolecular Hbond substituents is 1. The van der Waals surface area contributed by atoms with Crippen LogP contribution in [-0.4, -0.2) is 48.4 Å². The largest absolute Gasteiger partial charge is 0.506 e. The van der Waals surface area contributed by atoms with Crippen LogP contribution in [0.5, 0.6) is 11.5 Å². The van der Waals surface area contributed by atoms with Crippen molar-refractivity contribution in [3.05, 3.63) is 54.1 Å². The number of ether oxygens (including phenoxy) is 1. The third-order valence-corrected chi connectivity index (χ3v) is 4.59. The Morgan fingerprint density at radius 2 is 1.68 bits per heavy atom. The fourth-order valence-electron chi connectivity index (χ4n) is 2.58. The van der Waals surface area contributed by atoms with Gasteiger partial charge in [-0.05, 0) is 43.7 Å². The molecule has 2 aromatic rings. The normalized spacial score (nSPS) is 16.0. The van der Waals surface area contributed by atoms with Gasteiger partial charge in [0.25, 0.3) is 0 Å². The number of anilines is 1. The molecule has 0 aliphatic carbocycles. The summed E-state index contributed by atoms with van der Waals surface area (Å²) in [6.07, 6.45) is -1.73. The molecule has 154 valence electrons. The fourth-order valence-corrected chi connectivity index (χ4v) is 3.14. The number of aliphatic hydroxyl groups is 2. The van der Waals surface area contributed by atoms with Gasteiger partial charge in [0, 0.05) is 6.04 Å². The highest BCUT2D eigenvalue weighted by Gasteiger charge is 2.25. The predicted octanol–water partition coefficient (Wildman–Crippen LogP) is 1.56. The zero-order valence-electron chi connectivity index (χ0n) is 15.9. The maximum atomic E-state index is 11.4. The Hall–Kier alpha value is -2.33. The van der Waals surface area contributed by atoms with Crippen LogP contribution in [0.4, 0.5) is 5.69 Å². The van der Waals surface area contributed by atoms with Gasteiger partial charge in [-0.1, -0.05) is 24.3 Å². The number of aliphatic hydroxyl groups excluding tert-OH is 2. The van der Waals surface area contributed by atoms with Crippen molar-refractivity contribution in [3.8, 4) is 11.5 Å². The first-order valence-corrected chi connectivity index (χ1v) is 10.6. The molecule has 2 rings (SSSR count). The van der Waals surface area contributed by atoms with Crippen molar-refractivity contribution in [1.82, 2.24) is 5.32 Å². The van der Waals surface area contributed by atoms with Crippen molar-refractivity contribution >= 4 is 15.7 Å². The second-order valence-corrected chi connectivity index (χ2v) is 8.39. The van der Waals surface area contributed by atoms with Crippen molar-refractivity contribution in [3.63, 3.8) is 0 Å². The van der Waals surface area contributed by atoms with Crippen LogP contribution < -0.4 is 14.8 Å². The lowest BCUT2D eigenvalue weighted by molar-refractivity contribution is 0.00439. The van der Waals surface area contributed by atoms with Gasteiger partial charge in [0.2, 0.25) is 10.0 Å². The van der Waals surface area contributed by atoms with E-state index in [4.69, 9.17) is 4.74 Å². The molecule has 0 aliphatic heterocycles. The second-order valence-electron chi connectivity index (χ2n) is 6.64. The molecule has 9 heteroatoms. The molecule has 0 radical (unpaired) electrons. The zero-order valence-corrected chi connectivity index (χ0v) is 16.7. The van der Waals surface area contributed by atoms with E-state index >= 15 is 0 Å². The second kappa shape index (κ2) is 9.24. The molecular weight excluding hydrogens is 384 g/mol. The Morgan fingerprint density at radius 1 is 1.04 bits per heavy atom. The highest BCUT2D eigenvalue weighted by Crippen LogP contribution is 2.29. The van der Waals surface area contributed by atoms with Gasteiger partial charge < -0.3 is 20.1 Å². The van der Waals surface area contributed by atoms with Gasteiger partial charge in [-0.2, -0.15) is 0 Å². The Labute approximate surface area is 164 Å². The number of hydrogen-bond acceptors (Lipinski definition) is 7. The molecule has 0 amide bonds. The Bertz CT molecular complexity index is 873. The van der Waals surface area contributed by atoms with Crippen LogP contribution in [0.3, 0.4) is 0 Å². The van der Waals surface area contributed by atoms with Crippen LogP contribution in [-0.2, 0) is 10.0 Å². The quantitative estimate of drug-likeness (QED) is 0.313. The van der Waals surface area contributed by atoms with Crippen LogP contribution in [0.15, 0.2) is 48.5 Å². The van der Waals surface area contributed by atoms with Crippen molar-refractivity contribution in [2.24, 2.45) is 0 Å². The number of aromatic hydroxyl groups is 1. The average molecular weight is 410 g/mol. The number of nitrogens with one attached hydrogen (secondary N) is 2. The smallest absolute Gasteiger partial charge is 0.229 e. The lowest BCUT2D eigenvalue weighted by Crippen LogP contribution is -2.49. The van der Waals surface area contributed by atoms with Crippen molar-refractivity contribution < 1.29 is 28.5 Å². The van der Waals surface area contributed by atoms with E-state index in [2.05, 4.69) is 10.0 Å². The summed E-state index contributed by atoms with van der Waals surface area (Å²) >= 11 is 0. The molecule has 0 fully saturated rings. The van der Waals surface area contributed by atoms with E-state index in [1.165, 1.54) is 18.2 Å². The van der Waals surface area contributed by atoms with E-state index in [0.29, 0.717) is 11.3 Å². The average Bonchev–Trinajstić information content (AvgIpc) is 2.62. The lowest BCUT2D eigenvalue weighted by Gasteiger charge is -2.29. The van der Waals surface area contributed by atoms with E-state index in [1.54, 1.807) is 38.1 Å². The standard InChI is InChI=1S/C19H26N2O6S/c1-12(20-19(13(2)22)27-15-7-5-4-6-8-15)18(24)14-9-10-17(23)16(11-14)21-28(3,25)26/h4-13,18-24H,1-3H3. The first-order chi connectivity index (χ1) is 13.1. The summed E-state index contributed by atoms with van der Waals surface area (Å²) in [4.78, 5) is 0. The van der Waals surface area contributed by atoms with E-state index in [0.717, 1.165) is 6.26 Å². The Balaban J connectivity index is 2.14. The van der Waals surface area contributed by atoms with Gasteiger partial charge >= 0.3 is 0 Å². The number of benzene rings is 2. The Kier molecular flexibility index (Phi) is 7.25. The lowest BCUT2D eigenvalue weighted by atomic mass is 10.0. The van der Waals surface area contributed by atoms with Crippen LogP contribution in [0, 0.1) is 0 Å². The summed E-state index contributed by atoms with van der Waals surface area (Å²) in [5.74, 6) is 0.308. The Morgan fingerprint density at radius 3 is 2.25 bits per heavy atom. The molecule has 8 nitrogen and oxygen atoms in total. The van der Waals surface area contributed by atoms with Crippen LogP contribution in [0.1, 0.15) is 25.5 Å². The number of para-hydroxylation sites is 1. The van der Waals surface area contributed by atoms with Gasteiger partial charge in [-0.25, -0.2) is 8.42 Å². The van der Waals surface area contributed by atoms with Crippen molar-refractivity contribution in [2.75, 3.05) is 11.0 Å². The highest BCUT2D eigenvalue weighted by atomic mass is 32.2. The summed E-state index contributed by atoms with van der Waals surface area (Å²) < 4.78 is 30.8. The number of hydrogen-bond donors (Lipinski definition) is 5. The summed E-state index contributed by atoms with van der Waals surface area (Å²) in [6.45, 7) is 3.26. The molecule has 0 saturated carbocycles. The van der Waals surface area contributed by atoms with Gasteiger partial charge in [-0.15, -0.1) is 0 Å². The van der Waals surface area contributed by atoms with E-state index in [9.17, 15) is 23.7 Å². The first kappa shape index (κ1) is 22.0. The molecule has 0 heterocycles. The summed E-state index contributed by atoms with van der Waals surface area (Å²) in [6, 6.07) is 12.5. The molecule has 28 heavy (non-hydrogen) atoms. The van der Waals surface area contributed by atoms with Crippen molar-refractivity contribution in [1.29, 1.82) is 0 Å². The molecule has 0 bridgehead atoms. The maximum Gasteiger partial charge on any atom is 0.229 e. The minimum absolute atomic E-state index is 0.0288. The summed E-state index contributed by atoms with van der Waals surface area (Å²) in [5, 5.41) is 33.5. The summed E-state index contributed by atoms with van der Waals surface area (Å²) in [5.41, 5.74) is 0.354. The first-order valence-electron chi connectivity index (χ1n) is 8.71. The minimum Gasteiger partial charge on any atom is -0.506 e. The summed E-state index contributed by atoms with van der Waals surface area (Å²) in [7, 11) is -3.59. The fraction of sp³-hybridized carbons (Fsp3) is 0.368. The third-order valence-electron chi connectivity index (χ3n) is 4.00. The minimum atomic E-state index is -3.59. The van der Waals surface area contributed by atoms with Crippen LogP contribution in [0.2, 0.25) is 0 Å². The maximum absolute atomic E-state index is 11.4. The molecule has 2 aromatic carbocycles. The predicted molar refractivity (Wildman–Crippen MR) is 107 cm³/mol. The number of sulfonamides is 1. The number of phenols is 1. The number of rotatable bonds is 9. The van der Waals surface area contributed by atoms with Crippen LogP contribution in [0.25, 0.3) is 0 Å². The monoisotopic (exact) mass is 410 g/mol. The highest BCUT2D eigenvalue weighted by molar-refractivity contribution is 7.92. The third kappa shape index (κ3) is 6.38. The molecule has 0 aliphatic rings. The van der Waals surface area contributed by atoms with Crippen molar-refractivity contribution in [2.45, 2.75) is 38.3 Å². The topological polar surface area (TPSA) is 128 Å².